The Bertz CT molecular complexity index is 1000. The summed E-state index contributed by atoms with van der Waals surface area (Å²) in [6, 6.07) is 16.9. The van der Waals surface area contributed by atoms with Gasteiger partial charge in [0.1, 0.15) is 0 Å². The van der Waals surface area contributed by atoms with Crippen molar-refractivity contribution in [1.82, 2.24) is 20.2 Å². The lowest BCUT2D eigenvalue weighted by Crippen LogP contribution is -2.54. The fourth-order valence-corrected chi connectivity index (χ4v) is 4.68. The van der Waals surface area contributed by atoms with E-state index in [0.29, 0.717) is 0 Å². The van der Waals surface area contributed by atoms with Crippen LogP contribution in [0.1, 0.15) is 37.8 Å². The van der Waals surface area contributed by atoms with Crippen molar-refractivity contribution in [3.8, 4) is 11.1 Å². The Morgan fingerprint density at radius 2 is 1.56 bits per heavy atom. The quantitative estimate of drug-likeness (QED) is 0.602. The van der Waals surface area contributed by atoms with E-state index in [1.165, 1.54) is 16.7 Å². The maximum atomic E-state index is 13.5. The van der Waals surface area contributed by atoms with Gasteiger partial charge in [-0.25, -0.2) is 0 Å². The fraction of sp³-hybridized carbons (Fsp3) is 0.370. The van der Waals surface area contributed by atoms with Gasteiger partial charge in [-0.15, -0.1) is 0 Å². The van der Waals surface area contributed by atoms with Crippen LogP contribution in [0.2, 0.25) is 0 Å². The first-order valence-corrected chi connectivity index (χ1v) is 11.5. The van der Waals surface area contributed by atoms with Gasteiger partial charge in [0.15, 0.2) is 0 Å². The number of amides is 1. The van der Waals surface area contributed by atoms with E-state index in [4.69, 9.17) is 0 Å². The molecule has 32 heavy (non-hydrogen) atoms. The summed E-state index contributed by atoms with van der Waals surface area (Å²) in [4.78, 5) is 24.1. The third-order valence-electron chi connectivity index (χ3n) is 6.22. The van der Waals surface area contributed by atoms with Gasteiger partial charge >= 0.3 is 0 Å². The summed E-state index contributed by atoms with van der Waals surface area (Å²) in [6.07, 6.45) is 9.97. The molecule has 1 saturated heterocycles. The standard InChI is InChI=1S/C27H32N4O/c1-21(2)30-26(32)27(12-3-17-31(20-27)19-23-8-13-28-14-9-23)18-22-4-6-24(7-5-22)25-10-15-29-16-11-25/h4-11,13-16,21H,3,12,17-20H2,1-2H3,(H,30,32)/t27-/m1/s1. The normalized spacial score (nSPS) is 19.1. The lowest BCUT2D eigenvalue weighted by atomic mass is 9.74. The Labute approximate surface area is 190 Å². The molecule has 1 atom stereocenters. The Morgan fingerprint density at radius 1 is 0.938 bits per heavy atom. The minimum atomic E-state index is -0.423. The molecule has 166 valence electrons. The predicted molar refractivity (Wildman–Crippen MR) is 128 cm³/mol. The van der Waals surface area contributed by atoms with Crippen LogP contribution in [0.15, 0.2) is 73.3 Å². The molecule has 0 radical (unpaired) electrons. The molecule has 0 aliphatic carbocycles. The molecule has 2 aromatic heterocycles. The molecule has 0 spiro atoms. The van der Waals surface area contributed by atoms with Gasteiger partial charge in [-0.2, -0.15) is 0 Å². The molecule has 1 aromatic carbocycles. The number of nitrogens with one attached hydrogen (secondary N) is 1. The maximum Gasteiger partial charge on any atom is 0.228 e. The van der Waals surface area contributed by atoms with E-state index in [-0.39, 0.29) is 11.9 Å². The van der Waals surface area contributed by atoms with Crippen molar-refractivity contribution in [3.05, 3.63) is 84.4 Å². The summed E-state index contributed by atoms with van der Waals surface area (Å²) in [5, 5.41) is 3.21. The largest absolute Gasteiger partial charge is 0.353 e. The first-order valence-electron chi connectivity index (χ1n) is 11.5. The molecule has 1 N–H and O–H groups in total. The Hall–Kier alpha value is -3.05. The van der Waals surface area contributed by atoms with Crippen LogP contribution in [-0.2, 0) is 17.8 Å². The number of rotatable bonds is 7. The number of nitrogens with zero attached hydrogens (tertiary/aromatic N) is 3. The van der Waals surface area contributed by atoms with Crippen LogP contribution in [0.4, 0.5) is 0 Å². The second-order valence-electron chi connectivity index (χ2n) is 9.19. The summed E-state index contributed by atoms with van der Waals surface area (Å²) in [6.45, 7) is 6.69. The van der Waals surface area contributed by atoms with Crippen molar-refractivity contribution in [2.24, 2.45) is 5.41 Å². The van der Waals surface area contributed by atoms with Gasteiger partial charge in [0, 0.05) is 43.9 Å². The van der Waals surface area contributed by atoms with Crippen molar-refractivity contribution in [1.29, 1.82) is 0 Å². The van der Waals surface area contributed by atoms with Crippen molar-refractivity contribution in [3.63, 3.8) is 0 Å². The number of hydrogen-bond acceptors (Lipinski definition) is 4. The summed E-state index contributed by atoms with van der Waals surface area (Å²) >= 11 is 0. The average molecular weight is 429 g/mol. The zero-order valence-electron chi connectivity index (χ0n) is 19.0. The topological polar surface area (TPSA) is 58.1 Å². The van der Waals surface area contributed by atoms with E-state index < -0.39 is 5.41 Å². The number of aromatic nitrogens is 2. The molecule has 0 unspecified atom stereocenters. The van der Waals surface area contributed by atoms with Crippen LogP contribution in [0.5, 0.6) is 0 Å². The van der Waals surface area contributed by atoms with Gasteiger partial charge in [-0.3, -0.25) is 19.7 Å². The molecule has 3 heterocycles. The second kappa shape index (κ2) is 10.0. The van der Waals surface area contributed by atoms with Gasteiger partial charge in [0.05, 0.1) is 5.41 Å². The molecule has 0 bridgehead atoms. The number of likely N-dealkylation sites (tertiary alicyclic amines) is 1. The van der Waals surface area contributed by atoms with Gasteiger partial charge in [-0.1, -0.05) is 24.3 Å². The molecule has 5 nitrogen and oxygen atoms in total. The van der Waals surface area contributed by atoms with Crippen LogP contribution in [0.3, 0.4) is 0 Å². The highest BCUT2D eigenvalue weighted by atomic mass is 16.2. The van der Waals surface area contributed by atoms with Crippen molar-refractivity contribution in [2.75, 3.05) is 13.1 Å². The molecule has 3 aromatic rings. The third-order valence-corrected chi connectivity index (χ3v) is 6.22. The zero-order chi connectivity index (χ0) is 22.4. The lowest BCUT2D eigenvalue weighted by molar-refractivity contribution is -0.135. The number of pyridine rings is 2. The van der Waals surface area contributed by atoms with Crippen LogP contribution >= 0.6 is 0 Å². The van der Waals surface area contributed by atoms with Crippen molar-refractivity contribution in [2.45, 2.75) is 45.7 Å². The SMILES string of the molecule is CC(C)NC(=O)[C@@]1(Cc2ccc(-c3ccncc3)cc2)CCCN(Cc2ccncc2)C1. The van der Waals surface area contributed by atoms with Crippen molar-refractivity contribution >= 4 is 5.91 Å². The maximum absolute atomic E-state index is 13.5. The molecule has 5 heteroatoms. The summed E-state index contributed by atoms with van der Waals surface area (Å²) < 4.78 is 0. The van der Waals surface area contributed by atoms with Gasteiger partial charge in [0.2, 0.25) is 5.91 Å². The first kappa shape index (κ1) is 22.2. The van der Waals surface area contributed by atoms with Crippen LogP contribution < -0.4 is 5.32 Å². The molecule has 1 aliphatic heterocycles. The smallest absolute Gasteiger partial charge is 0.228 e. The predicted octanol–water partition coefficient (Wildman–Crippen LogP) is 4.49. The summed E-state index contributed by atoms with van der Waals surface area (Å²) in [7, 11) is 0. The Morgan fingerprint density at radius 3 is 2.22 bits per heavy atom. The highest BCUT2D eigenvalue weighted by Crippen LogP contribution is 2.35. The van der Waals surface area contributed by atoms with Gasteiger partial charge in [-0.05, 0) is 86.2 Å². The molecule has 1 aliphatic rings. The molecule has 1 amide bonds. The number of hydrogen-bond donors (Lipinski definition) is 1. The van der Waals surface area contributed by atoms with E-state index in [1.54, 1.807) is 0 Å². The van der Waals surface area contributed by atoms with E-state index in [1.807, 2.05) is 50.8 Å². The monoisotopic (exact) mass is 428 g/mol. The lowest BCUT2D eigenvalue weighted by Gasteiger charge is -2.42. The third kappa shape index (κ3) is 5.40. The van der Waals surface area contributed by atoms with E-state index >= 15 is 0 Å². The molecular formula is C27H32N4O. The number of piperidine rings is 1. The highest BCUT2D eigenvalue weighted by Gasteiger charge is 2.42. The second-order valence-corrected chi connectivity index (χ2v) is 9.19. The van der Waals surface area contributed by atoms with E-state index in [0.717, 1.165) is 44.5 Å². The highest BCUT2D eigenvalue weighted by molar-refractivity contribution is 5.83. The van der Waals surface area contributed by atoms with E-state index in [9.17, 15) is 4.79 Å². The molecule has 0 saturated carbocycles. The van der Waals surface area contributed by atoms with Crippen molar-refractivity contribution < 1.29 is 4.79 Å². The van der Waals surface area contributed by atoms with Gasteiger partial charge in [0.25, 0.3) is 0 Å². The Balaban J connectivity index is 1.55. The summed E-state index contributed by atoms with van der Waals surface area (Å²) in [5.74, 6) is 0.171. The van der Waals surface area contributed by atoms with E-state index in [2.05, 4.69) is 56.6 Å². The molecule has 1 fully saturated rings. The van der Waals surface area contributed by atoms with Crippen LogP contribution in [0, 0.1) is 5.41 Å². The average Bonchev–Trinajstić information content (AvgIpc) is 2.81. The number of benzene rings is 1. The molecular weight excluding hydrogens is 396 g/mol. The number of carbonyl (C=O) groups is 1. The van der Waals surface area contributed by atoms with Crippen LogP contribution in [0.25, 0.3) is 11.1 Å². The zero-order valence-corrected chi connectivity index (χ0v) is 19.0. The minimum absolute atomic E-state index is 0.129. The van der Waals surface area contributed by atoms with Gasteiger partial charge < -0.3 is 5.32 Å². The Kier molecular flexibility index (Phi) is 6.96. The minimum Gasteiger partial charge on any atom is -0.353 e. The summed E-state index contributed by atoms with van der Waals surface area (Å²) in [5.41, 5.74) is 4.34. The first-order chi connectivity index (χ1) is 15.5. The van der Waals surface area contributed by atoms with Crippen LogP contribution in [-0.4, -0.2) is 39.9 Å². The molecule has 4 rings (SSSR count). The fourth-order valence-electron chi connectivity index (χ4n) is 4.68. The number of carbonyl (C=O) groups excluding carboxylic acids is 1.